The number of halogens is 1. The molecule has 2 heterocycles. The van der Waals surface area contributed by atoms with Crippen LogP contribution < -0.4 is 14.9 Å². The summed E-state index contributed by atoms with van der Waals surface area (Å²) < 4.78 is 16.4. The fraction of sp³-hybridized carbons (Fsp3) is 0.267. The van der Waals surface area contributed by atoms with Crippen LogP contribution >= 0.6 is 27.3 Å². The minimum Gasteiger partial charge on any atom is -0.466 e. The molecule has 1 aliphatic rings. The zero-order valence-corrected chi connectivity index (χ0v) is 15.1. The average molecular weight is 412 g/mol. The molecule has 126 valence electrons. The molecule has 24 heavy (non-hydrogen) atoms. The Morgan fingerprint density at radius 2 is 2.42 bits per heavy atom. The number of ether oxygens (including phenoxy) is 3. The molecule has 1 N–H and O–H groups in total. The monoisotopic (exact) mass is 411 g/mol. The molecule has 3 rings (SSSR count). The number of carbonyl (C=O) groups is 1. The van der Waals surface area contributed by atoms with Crippen molar-refractivity contribution in [3.63, 3.8) is 0 Å². The lowest BCUT2D eigenvalue weighted by Gasteiger charge is -2.01. The maximum Gasteiger partial charge on any atom is 0.311 e. The van der Waals surface area contributed by atoms with Gasteiger partial charge in [0.1, 0.15) is 0 Å². The van der Waals surface area contributed by atoms with Crippen LogP contribution in [0.2, 0.25) is 0 Å². The van der Waals surface area contributed by atoms with Gasteiger partial charge in [0.2, 0.25) is 11.9 Å². The van der Waals surface area contributed by atoms with Crippen LogP contribution in [-0.2, 0) is 16.0 Å². The number of fused-ring (bicyclic) bond motifs is 1. The first-order valence-corrected chi connectivity index (χ1v) is 8.81. The summed E-state index contributed by atoms with van der Waals surface area (Å²) in [6.07, 6.45) is 1.81. The SMILES string of the molecule is CCOC(=O)Cc1csc(NN=Cc2cc(Br)c3c(c2)OCO3)n1. The third kappa shape index (κ3) is 4.04. The van der Waals surface area contributed by atoms with Gasteiger partial charge in [0, 0.05) is 5.38 Å². The number of hydrogen-bond donors (Lipinski definition) is 1. The lowest BCUT2D eigenvalue weighted by atomic mass is 10.2. The lowest BCUT2D eigenvalue weighted by Crippen LogP contribution is -2.07. The van der Waals surface area contributed by atoms with Crippen molar-refractivity contribution in [2.24, 2.45) is 5.10 Å². The third-order valence-electron chi connectivity index (χ3n) is 3.01. The van der Waals surface area contributed by atoms with Crippen LogP contribution in [0.1, 0.15) is 18.2 Å². The Morgan fingerprint density at radius 1 is 1.54 bits per heavy atom. The van der Waals surface area contributed by atoms with Crippen molar-refractivity contribution in [2.45, 2.75) is 13.3 Å². The van der Waals surface area contributed by atoms with Crippen LogP contribution in [0.5, 0.6) is 11.5 Å². The van der Waals surface area contributed by atoms with Gasteiger partial charge in [-0.25, -0.2) is 4.98 Å². The lowest BCUT2D eigenvalue weighted by molar-refractivity contribution is -0.142. The molecule has 2 aromatic rings. The minimum absolute atomic E-state index is 0.158. The van der Waals surface area contributed by atoms with E-state index in [-0.39, 0.29) is 19.2 Å². The highest BCUT2D eigenvalue weighted by Gasteiger charge is 2.17. The van der Waals surface area contributed by atoms with Crippen molar-refractivity contribution in [1.29, 1.82) is 0 Å². The number of hydrazone groups is 1. The first-order chi connectivity index (χ1) is 11.7. The van der Waals surface area contributed by atoms with Gasteiger partial charge in [-0.1, -0.05) is 0 Å². The molecule has 0 fully saturated rings. The largest absolute Gasteiger partial charge is 0.466 e. The van der Waals surface area contributed by atoms with Gasteiger partial charge in [-0.2, -0.15) is 5.10 Å². The van der Waals surface area contributed by atoms with E-state index in [2.05, 4.69) is 31.4 Å². The Labute approximate surface area is 150 Å². The fourth-order valence-electron chi connectivity index (χ4n) is 2.02. The number of thiazole rings is 1. The zero-order valence-electron chi connectivity index (χ0n) is 12.7. The molecule has 0 amide bonds. The number of nitrogens with zero attached hydrogens (tertiary/aromatic N) is 2. The Morgan fingerprint density at radius 3 is 3.25 bits per heavy atom. The molecule has 0 aliphatic carbocycles. The van der Waals surface area contributed by atoms with E-state index in [1.165, 1.54) is 11.3 Å². The number of aromatic nitrogens is 1. The predicted molar refractivity (Wildman–Crippen MR) is 93.9 cm³/mol. The van der Waals surface area contributed by atoms with Crippen LogP contribution in [0, 0.1) is 0 Å². The van der Waals surface area contributed by atoms with Crippen LogP contribution in [0.15, 0.2) is 27.1 Å². The Hall–Kier alpha value is -2.13. The number of rotatable bonds is 6. The van der Waals surface area contributed by atoms with E-state index in [4.69, 9.17) is 14.2 Å². The van der Waals surface area contributed by atoms with Gasteiger partial charge in [-0.3, -0.25) is 10.2 Å². The van der Waals surface area contributed by atoms with E-state index in [9.17, 15) is 4.79 Å². The molecule has 0 saturated heterocycles. The number of hydrogen-bond acceptors (Lipinski definition) is 8. The molecule has 7 nitrogen and oxygen atoms in total. The van der Waals surface area contributed by atoms with Crippen LogP contribution in [-0.4, -0.2) is 30.6 Å². The number of esters is 1. The number of benzene rings is 1. The third-order valence-corrected chi connectivity index (χ3v) is 4.39. The van der Waals surface area contributed by atoms with Gasteiger partial charge in [-0.15, -0.1) is 11.3 Å². The van der Waals surface area contributed by atoms with Crippen molar-refractivity contribution in [3.8, 4) is 11.5 Å². The minimum atomic E-state index is -0.289. The zero-order chi connectivity index (χ0) is 16.9. The highest BCUT2D eigenvalue weighted by atomic mass is 79.9. The molecule has 9 heteroatoms. The molecule has 1 aromatic heterocycles. The Balaban J connectivity index is 1.60. The molecule has 0 spiro atoms. The maximum atomic E-state index is 11.4. The summed E-state index contributed by atoms with van der Waals surface area (Å²) in [5, 5.41) is 6.55. The molecular weight excluding hydrogens is 398 g/mol. The van der Waals surface area contributed by atoms with E-state index in [0.717, 1.165) is 10.0 Å². The summed E-state index contributed by atoms with van der Waals surface area (Å²) in [5.74, 6) is 1.09. The summed E-state index contributed by atoms with van der Waals surface area (Å²) in [7, 11) is 0. The predicted octanol–water partition coefficient (Wildman–Crippen LogP) is 3.19. The van der Waals surface area contributed by atoms with E-state index < -0.39 is 0 Å². The second kappa shape index (κ2) is 7.63. The molecule has 0 atom stereocenters. The second-order valence-electron chi connectivity index (χ2n) is 4.73. The van der Waals surface area contributed by atoms with Crippen LogP contribution in [0.3, 0.4) is 0 Å². The molecule has 0 radical (unpaired) electrons. The summed E-state index contributed by atoms with van der Waals surface area (Å²) in [6.45, 7) is 2.35. The van der Waals surface area contributed by atoms with Crippen molar-refractivity contribution in [3.05, 3.63) is 33.2 Å². The molecule has 0 unspecified atom stereocenters. The maximum absolute atomic E-state index is 11.4. The first-order valence-electron chi connectivity index (χ1n) is 7.14. The fourth-order valence-corrected chi connectivity index (χ4v) is 3.26. The van der Waals surface area contributed by atoms with E-state index in [1.54, 1.807) is 18.5 Å². The van der Waals surface area contributed by atoms with Crippen LogP contribution in [0.25, 0.3) is 0 Å². The number of nitrogens with one attached hydrogen (secondary N) is 1. The van der Waals surface area contributed by atoms with E-state index in [0.29, 0.717) is 28.9 Å². The summed E-state index contributed by atoms with van der Waals surface area (Å²) in [5.41, 5.74) is 4.35. The molecule has 0 bridgehead atoms. The van der Waals surface area contributed by atoms with Crippen molar-refractivity contribution in [2.75, 3.05) is 18.8 Å². The number of anilines is 1. The van der Waals surface area contributed by atoms with Crippen molar-refractivity contribution < 1.29 is 19.0 Å². The molecular formula is C15H14BrN3O4S. The normalized spacial score (nSPS) is 12.6. The Bertz CT molecular complexity index is 778. The summed E-state index contributed by atoms with van der Waals surface area (Å²) >= 11 is 4.80. The van der Waals surface area contributed by atoms with Gasteiger partial charge in [0.25, 0.3) is 0 Å². The second-order valence-corrected chi connectivity index (χ2v) is 6.44. The quantitative estimate of drug-likeness (QED) is 0.446. The van der Waals surface area contributed by atoms with Gasteiger partial charge in [-0.05, 0) is 40.5 Å². The van der Waals surface area contributed by atoms with E-state index >= 15 is 0 Å². The van der Waals surface area contributed by atoms with Gasteiger partial charge in [0.15, 0.2) is 11.5 Å². The van der Waals surface area contributed by atoms with Crippen LogP contribution in [0.4, 0.5) is 5.13 Å². The highest BCUT2D eigenvalue weighted by Crippen LogP contribution is 2.39. The van der Waals surface area contributed by atoms with Crippen molar-refractivity contribution >= 4 is 44.6 Å². The van der Waals surface area contributed by atoms with Gasteiger partial charge < -0.3 is 14.2 Å². The smallest absolute Gasteiger partial charge is 0.311 e. The highest BCUT2D eigenvalue weighted by molar-refractivity contribution is 9.10. The Kier molecular flexibility index (Phi) is 5.31. The number of carbonyl (C=O) groups excluding carboxylic acids is 1. The average Bonchev–Trinajstić information content (AvgIpc) is 3.17. The topological polar surface area (TPSA) is 82.0 Å². The van der Waals surface area contributed by atoms with E-state index in [1.807, 2.05) is 12.1 Å². The first kappa shape index (κ1) is 16.7. The summed E-state index contributed by atoms with van der Waals surface area (Å²) in [6, 6.07) is 3.72. The van der Waals surface area contributed by atoms with Gasteiger partial charge >= 0.3 is 5.97 Å². The van der Waals surface area contributed by atoms with Crippen molar-refractivity contribution in [1.82, 2.24) is 4.98 Å². The molecule has 1 aliphatic heterocycles. The molecule has 0 saturated carbocycles. The van der Waals surface area contributed by atoms with Gasteiger partial charge in [0.05, 0.1) is 29.4 Å². The molecule has 1 aromatic carbocycles. The standard InChI is InChI=1S/C15H14BrN3O4S/c1-2-21-13(20)5-10-7-24-15(18-10)19-17-6-9-3-11(16)14-12(4-9)22-8-23-14/h3-4,6-7H,2,5,8H2,1H3,(H,18,19). The summed E-state index contributed by atoms with van der Waals surface area (Å²) in [4.78, 5) is 15.7.